The van der Waals surface area contributed by atoms with Gasteiger partial charge in [-0.25, -0.2) is 0 Å². The van der Waals surface area contributed by atoms with Crippen molar-refractivity contribution in [1.82, 2.24) is 10.6 Å². The van der Waals surface area contributed by atoms with Gasteiger partial charge < -0.3 is 20.1 Å². The zero-order chi connectivity index (χ0) is 16.1. The smallest absolute Gasteiger partial charge is 0.243 e. The number of amides is 2. The molecule has 1 atom stereocenters. The molecule has 1 aliphatic rings. The van der Waals surface area contributed by atoms with E-state index in [1.54, 1.807) is 6.92 Å². The van der Waals surface area contributed by atoms with Crippen molar-refractivity contribution in [3.8, 4) is 11.5 Å². The van der Waals surface area contributed by atoms with Gasteiger partial charge in [0.1, 0.15) is 6.04 Å². The van der Waals surface area contributed by atoms with Gasteiger partial charge in [-0.1, -0.05) is 26.8 Å². The highest BCUT2D eigenvalue weighted by molar-refractivity contribution is 5.87. The molecule has 120 valence electrons. The lowest BCUT2D eigenvalue weighted by Gasteiger charge is -2.21. The molecule has 0 aromatic heterocycles. The first-order valence-electron chi connectivity index (χ1n) is 7.47. The minimum Gasteiger partial charge on any atom is -0.454 e. The predicted molar refractivity (Wildman–Crippen MR) is 81.5 cm³/mol. The second-order valence-electron chi connectivity index (χ2n) is 5.55. The molecule has 0 bridgehead atoms. The molecule has 2 amide bonds. The van der Waals surface area contributed by atoms with Crippen LogP contribution >= 0.6 is 0 Å². The van der Waals surface area contributed by atoms with E-state index in [9.17, 15) is 9.59 Å². The zero-order valence-corrected chi connectivity index (χ0v) is 13.1. The van der Waals surface area contributed by atoms with Gasteiger partial charge in [0.05, 0.1) is 0 Å². The molecule has 0 fully saturated rings. The Bertz CT molecular complexity index is 557. The number of fused-ring (bicyclic) bond motifs is 1. The molecule has 1 aromatic carbocycles. The lowest BCUT2D eigenvalue weighted by molar-refractivity contribution is -0.130. The van der Waals surface area contributed by atoms with Crippen molar-refractivity contribution in [1.29, 1.82) is 0 Å². The lowest BCUT2D eigenvalue weighted by atomic mass is 10.0. The van der Waals surface area contributed by atoms with E-state index in [4.69, 9.17) is 9.47 Å². The Morgan fingerprint density at radius 1 is 1.23 bits per heavy atom. The topological polar surface area (TPSA) is 76.7 Å². The molecule has 6 nitrogen and oxygen atoms in total. The van der Waals surface area contributed by atoms with Gasteiger partial charge >= 0.3 is 0 Å². The van der Waals surface area contributed by atoms with E-state index in [0.29, 0.717) is 24.5 Å². The number of carbonyl (C=O) groups is 2. The molecule has 0 saturated heterocycles. The molecule has 0 aliphatic carbocycles. The number of hydrogen-bond donors (Lipinski definition) is 2. The van der Waals surface area contributed by atoms with Crippen molar-refractivity contribution >= 4 is 11.8 Å². The fourth-order valence-corrected chi connectivity index (χ4v) is 2.16. The molecule has 2 N–H and O–H groups in total. The molecular formula is C16H22N2O4. The van der Waals surface area contributed by atoms with Crippen LogP contribution in [0, 0.1) is 5.92 Å². The first kappa shape index (κ1) is 16.1. The molecule has 6 heteroatoms. The summed E-state index contributed by atoms with van der Waals surface area (Å²) in [6, 6.07) is 5.02. The second-order valence-corrected chi connectivity index (χ2v) is 5.55. The highest BCUT2D eigenvalue weighted by Gasteiger charge is 2.23. The molecule has 0 radical (unpaired) electrons. The van der Waals surface area contributed by atoms with Crippen molar-refractivity contribution < 1.29 is 19.1 Å². The van der Waals surface area contributed by atoms with Gasteiger partial charge in [-0.05, 0) is 23.6 Å². The summed E-state index contributed by atoms with van der Waals surface area (Å²) in [4.78, 5) is 23.8. The van der Waals surface area contributed by atoms with E-state index in [-0.39, 0.29) is 24.5 Å². The average Bonchev–Trinajstić information content (AvgIpc) is 2.97. The highest BCUT2D eigenvalue weighted by atomic mass is 16.7. The van der Waals surface area contributed by atoms with Gasteiger partial charge in [0, 0.05) is 13.0 Å². The Balaban J connectivity index is 1.94. The molecule has 22 heavy (non-hydrogen) atoms. The van der Waals surface area contributed by atoms with Crippen LogP contribution < -0.4 is 20.1 Å². The first-order valence-corrected chi connectivity index (χ1v) is 7.47. The van der Waals surface area contributed by atoms with Gasteiger partial charge in [0.2, 0.25) is 18.6 Å². The summed E-state index contributed by atoms with van der Waals surface area (Å²) < 4.78 is 10.6. The summed E-state index contributed by atoms with van der Waals surface area (Å²) in [5.41, 5.74) is 0.918. The Hall–Kier alpha value is -2.24. The van der Waals surface area contributed by atoms with Crippen LogP contribution in [0.2, 0.25) is 0 Å². The van der Waals surface area contributed by atoms with Crippen LogP contribution in [0.3, 0.4) is 0 Å². The van der Waals surface area contributed by atoms with Crippen LogP contribution in [0.4, 0.5) is 0 Å². The fraction of sp³-hybridized carbons (Fsp3) is 0.500. The van der Waals surface area contributed by atoms with Crippen LogP contribution in [0.25, 0.3) is 0 Å². The standard InChI is InChI=1S/C16H22N2O4/c1-4-14(19)18-15(10(2)3)16(20)17-8-11-5-6-12-13(7-11)22-9-21-12/h5-7,10,15H,4,8-9H2,1-3H3,(H,17,20)(H,18,19)/t15-/m0/s1. The van der Waals surface area contributed by atoms with Crippen LogP contribution in [0.1, 0.15) is 32.8 Å². The van der Waals surface area contributed by atoms with Gasteiger partial charge in [-0.15, -0.1) is 0 Å². The van der Waals surface area contributed by atoms with Crippen molar-refractivity contribution in [3.63, 3.8) is 0 Å². The number of hydrogen-bond acceptors (Lipinski definition) is 4. The van der Waals surface area contributed by atoms with E-state index < -0.39 is 6.04 Å². The summed E-state index contributed by atoms with van der Waals surface area (Å²) in [5.74, 6) is 1.11. The van der Waals surface area contributed by atoms with E-state index in [0.717, 1.165) is 5.56 Å². The Kier molecular flexibility index (Phi) is 5.25. The largest absolute Gasteiger partial charge is 0.454 e. The lowest BCUT2D eigenvalue weighted by Crippen LogP contribution is -2.49. The maximum Gasteiger partial charge on any atom is 0.243 e. The van der Waals surface area contributed by atoms with Gasteiger partial charge in [0.25, 0.3) is 0 Å². The average molecular weight is 306 g/mol. The third-order valence-electron chi connectivity index (χ3n) is 3.49. The molecule has 1 heterocycles. The van der Waals surface area contributed by atoms with Gasteiger partial charge in [-0.3, -0.25) is 9.59 Å². The molecular weight excluding hydrogens is 284 g/mol. The number of rotatable bonds is 6. The van der Waals surface area contributed by atoms with E-state index >= 15 is 0 Å². The minimum atomic E-state index is -0.526. The summed E-state index contributed by atoms with van der Waals surface area (Å²) in [6.07, 6.45) is 0.360. The third-order valence-corrected chi connectivity index (χ3v) is 3.49. The minimum absolute atomic E-state index is 0.0206. The van der Waals surface area contributed by atoms with Crippen molar-refractivity contribution in [2.45, 2.75) is 39.8 Å². The summed E-state index contributed by atoms with van der Waals surface area (Å²) in [7, 11) is 0. The van der Waals surface area contributed by atoms with Gasteiger partial charge in [-0.2, -0.15) is 0 Å². The predicted octanol–water partition coefficient (Wildman–Crippen LogP) is 1.58. The van der Waals surface area contributed by atoms with E-state index in [1.807, 2.05) is 32.0 Å². The highest BCUT2D eigenvalue weighted by Crippen LogP contribution is 2.32. The Morgan fingerprint density at radius 2 is 1.95 bits per heavy atom. The van der Waals surface area contributed by atoms with E-state index in [2.05, 4.69) is 10.6 Å². The van der Waals surface area contributed by atoms with Crippen molar-refractivity contribution in [2.24, 2.45) is 5.92 Å². The van der Waals surface area contributed by atoms with Crippen LogP contribution in [-0.4, -0.2) is 24.6 Å². The number of carbonyl (C=O) groups excluding carboxylic acids is 2. The molecule has 0 spiro atoms. The second kappa shape index (κ2) is 7.15. The summed E-state index contributed by atoms with van der Waals surface area (Å²) >= 11 is 0. The van der Waals surface area contributed by atoms with Crippen molar-refractivity contribution in [3.05, 3.63) is 23.8 Å². The zero-order valence-electron chi connectivity index (χ0n) is 13.1. The number of benzene rings is 1. The Labute approximate surface area is 130 Å². The maximum absolute atomic E-state index is 12.3. The third kappa shape index (κ3) is 3.90. The quantitative estimate of drug-likeness (QED) is 0.836. The molecule has 1 aromatic rings. The first-order chi connectivity index (χ1) is 10.5. The summed E-state index contributed by atoms with van der Waals surface area (Å²) in [5, 5.41) is 5.60. The SMILES string of the molecule is CCC(=O)N[C@H](C(=O)NCc1ccc2c(c1)OCO2)C(C)C. The normalized spacial score (nSPS) is 13.8. The monoisotopic (exact) mass is 306 g/mol. The van der Waals surface area contributed by atoms with Crippen LogP contribution in [0.5, 0.6) is 11.5 Å². The number of nitrogens with one attached hydrogen (secondary N) is 2. The van der Waals surface area contributed by atoms with Crippen LogP contribution in [-0.2, 0) is 16.1 Å². The van der Waals surface area contributed by atoms with Crippen molar-refractivity contribution in [2.75, 3.05) is 6.79 Å². The fourth-order valence-electron chi connectivity index (χ4n) is 2.16. The molecule has 0 saturated carbocycles. The summed E-state index contributed by atoms with van der Waals surface area (Å²) in [6.45, 7) is 6.17. The van der Waals surface area contributed by atoms with E-state index in [1.165, 1.54) is 0 Å². The van der Waals surface area contributed by atoms with Crippen LogP contribution in [0.15, 0.2) is 18.2 Å². The molecule has 1 aliphatic heterocycles. The maximum atomic E-state index is 12.3. The number of ether oxygens (including phenoxy) is 2. The molecule has 0 unspecified atom stereocenters. The Morgan fingerprint density at radius 3 is 2.64 bits per heavy atom. The molecule has 2 rings (SSSR count). The van der Waals surface area contributed by atoms with Gasteiger partial charge in [0.15, 0.2) is 11.5 Å².